The van der Waals surface area contributed by atoms with Crippen molar-refractivity contribution >= 4 is 29.1 Å². The van der Waals surface area contributed by atoms with E-state index in [-0.39, 0.29) is 12.1 Å². The molecule has 2 aromatic carbocycles. The summed E-state index contributed by atoms with van der Waals surface area (Å²) in [6, 6.07) is 11.0. The van der Waals surface area contributed by atoms with Crippen LogP contribution in [0.3, 0.4) is 0 Å². The number of nitrogens with zero attached hydrogens (tertiary/aromatic N) is 1. The number of carbonyl (C=O) groups is 2. The Morgan fingerprint density at radius 3 is 2.38 bits per heavy atom. The second kappa shape index (κ2) is 7.56. The lowest BCUT2D eigenvalue weighted by Crippen LogP contribution is -2.45. The van der Waals surface area contributed by atoms with Gasteiger partial charge in [-0.25, -0.2) is 0 Å². The zero-order valence-corrected chi connectivity index (χ0v) is 13.2. The molecule has 0 saturated heterocycles. The van der Waals surface area contributed by atoms with Crippen LogP contribution in [0.5, 0.6) is 0 Å². The van der Waals surface area contributed by atoms with Gasteiger partial charge in [0.05, 0.1) is 4.92 Å². The zero-order chi connectivity index (χ0) is 17.7. The molecule has 0 unspecified atom stereocenters. The Bertz CT molecular complexity index is 777. The van der Waals surface area contributed by atoms with Crippen LogP contribution in [0, 0.1) is 10.1 Å². The first-order valence-corrected chi connectivity index (χ1v) is 7.34. The predicted molar refractivity (Wildman–Crippen MR) is 88.7 cm³/mol. The van der Waals surface area contributed by atoms with Crippen LogP contribution in [0.25, 0.3) is 0 Å². The molecule has 0 aliphatic rings. The molecule has 0 aromatic heterocycles. The Hall–Kier alpha value is -2.93. The van der Waals surface area contributed by atoms with Gasteiger partial charge in [-0.2, -0.15) is 0 Å². The zero-order valence-electron chi connectivity index (χ0n) is 12.4. The van der Waals surface area contributed by atoms with Crippen molar-refractivity contribution in [2.75, 3.05) is 0 Å². The van der Waals surface area contributed by atoms with Gasteiger partial charge in [-0.15, -0.1) is 0 Å². The van der Waals surface area contributed by atoms with Gasteiger partial charge in [-0.1, -0.05) is 29.8 Å². The summed E-state index contributed by atoms with van der Waals surface area (Å²) in [4.78, 5) is 34.3. The highest BCUT2D eigenvalue weighted by atomic mass is 35.5. The van der Waals surface area contributed by atoms with E-state index in [9.17, 15) is 19.7 Å². The van der Waals surface area contributed by atoms with E-state index in [0.717, 1.165) is 0 Å². The molecule has 1 atom stereocenters. The molecule has 8 heteroatoms. The first-order chi connectivity index (χ1) is 11.4. The van der Waals surface area contributed by atoms with E-state index in [4.69, 9.17) is 17.3 Å². The Labute approximate surface area is 142 Å². The molecule has 2 amide bonds. The molecular weight excluding hydrogens is 334 g/mol. The SMILES string of the molecule is NC(=O)[C@@H](Cc1ccccc1[N+](=O)[O-])NC(=O)c1ccc(Cl)cc1. The highest BCUT2D eigenvalue weighted by molar-refractivity contribution is 6.30. The third-order valence-corrected chi connectivity index (χ3v) is 3.62. The largest absolute Gasteiger partial charge is 0.368 e. The number of hydrogen-bond acceptors (Lipinski definition) is 4. The number of nitro groups is 1. The Balaban J connectivity index is 2.19. The fraction of sp³-hybridized carbons (Fsp3) is 0.125. The fourth-order valence-electron chi connectivity index (χ4n) is 2.15. The van der Waals surface area contributed by atoms with Crippen LogP contribution in [0.15, 0.2) is 48.5 Å². The molecule has 0 spiro atoms. The van der Waals surface area contributed by atoms with Crippen LogP contribution in [-0.4, -0.2) is 22.8 Å². The van der Waals surface area contributed by atoms with Crippen molar-refractivity contribution < 1.29 is 14.5 Å². The molecule has 2 rings (SSSR count). The Morgan fingerprint density at radius 2 is 1.79 bits per heavy atom. The van der Waals surface area contributed by atoms with E-state index in [1.807, 2.05) is 0 Å². The number of benzene rings is 2. The maximum Gasteiger partial charge on any atom is 0.272 e. The van der Waals surface area contributed by atoms with Gasteiger partial charge in [0.25, 0.3) is 11.6 Å². The summed E-state index contributed by atoms with van der Waals surface area (Å²) in [6.07, 6.45) is -0.0776. The number of nitrogens with one attached hydrogen (secondary N) is 1. The summed E-state index contributed by atoms with van der Waals surface area (Å²) in [5, 5.41) is 14.0. The van der Waals surface area contributed by atoms with Crippen molar-refractivity contribution in [2.45, 2.75) is 12.5 Å². The summed E-state index contributed by atoms with van der Waals surface area (Å²) in [6.45, 7) is 0. The highest BCUT2D eigenvalue weighted by Crippen LogP contribution is 2.19. The predicted octanol–water partition coefficient (Wildman–Crippen LogP) is 2.07. The number of hydrogen-bond donors (Lipinski definition) is 2. The molecule has 0 saturated carbocycles. The monoisotopic (exact) mass is 347 g/mol. The lowest BCUT2D eigenvalue weighted by atomic mass is 10.0. The topological polar surface area (TPSA) is 115 Å². The average molecular weight is 348 g/mol. The molecule has 0 heterocycles. The molecule has 124 valence electrons. The maximum absolute atomic E-state index is 12.2. The van der Waals surface area contributed by atoms with E-state index in [2.05, 4.69) is 5.32 Å². The molecule has 0 bridgehead atoms. The summed E-state index contributed by atoms with van der Waals surface area (Å²) in [5.74, 6) is -1.30. The van der Waals surface area contributed by atoms with Crippen LogP contribution < -0.4 is 11.1 Å². The second-order valence-corrected chi connectivity index (χ2v) is 5.46. The molecule has 2 aromatic rings. The quantitative estimate of drug-likeness (QED) is 0.614. The standard InChI is InChI=1S/C16H14ClN3O4/c17-12-7-5-10(6-8-12)16(22)19-13(15(18)21)9-11-3-1-2-4-14(11)20(23)24/h1-8,13H,9H2,(H2,18,21)(H,19,22)/t13-/m1/s1. The number of nitrogens with two attached hydrogens (primary N) is 1. The molecule has 0 fully saturated rings. The lowest BCUT2D eigenvalue weighted by molar-refractivity contribution is -0.385. The number of rotatable bonds is 6. The van der Waals surface area contributed by atoms with Crippen molar-refractivity contribution in [2.24, 2.45) is 5.73 Å². The van der Waals surface area contributed by atoms with E-state index in [1.165, 1.54) is 42.5 Å². The fourth-order valence-corrected chi connectivity index (χ4v) is 2.27. The van der Waals surface area contributed by atoms with Gasteiger partial charge in [-0.05, 0) is 24.3 Å². The molecular formula is C16H14ClN3O4. The maximum atomic E-state index is 12.2. The van der Waals surface area contributed by atoms with E-state index in [1.54, 1.807) is 6.07 Å². The smallest absolute Gasteiger partial charge is 0.272 e. The molecule has 7 nitrogen and oxygen atoms in total. The van der Waals surface area contributed by atoms with Crippen LogP contribution in [0.2, 0.25) is 5.02 Å². The number of para-hydroxylation sites is 1. The van der Waals surface area contributed by atoms with Crippen molar-refractivity contribution in [1.29, 1.82) is 0 Å². The third-order valence-electron chi connectivity index (χ3n) is 3.37. The molecule has 0 radical (unpaired) electrons. The first kappa shape index (κ1) is 17.4. The summed E-state index contributed by atoms with van der Waals surface area (Å²) in [5.41, 5.74) is 5.79. The van der Waals surface area contributed by atoms with Crippen molar-refractivity contribution in [3.8, 4) is 0 Å². The van der Waals surface area contributed by atoms with E-state index in [0.29, 0.717) is 16.1 Å². The molecule has 0 aliphatic heterocycles. The minimum absolute atomic E-state index is 0.0776. The number of primary amides is 1. The first-order valence-electron chi connectivity index (χ1n) is 6.96. The average Bonchev–Trinajstić information content (AvgIpc) is 2.55. The number of nitro benzene ring substituents is 1. The third kappa shape index (κ3) is 4.30. The number of amides is 2. The minimum atomic E-state index is -1.07. The van der Waals surface area contributed by atoms with Gasteiger partial charge in [0.15, 0.2) is 0 Å². The molecule has 24 heavy (non-hydrogen) atoms. The van der Waals surface area contributed by atoms with Gasteiger partial charge in [0, 0.05) is 28.6 Å². The van der Waals surface area contributed by atoms with Crippen LogP contribution >= 0.6 is 11.6 Å². The van der Waals surface area contributed by atoms with Crippen LogP contribution in [0.4, 0.5) is 5.69 Å². The molecule has 0 aliphatic carbocycles. The summed E-state index contributed by atoms with van der Waals surface area (Å²) in [7, 11) is 0. The van der Waals surface area contributed by atoms with E-state index < -0.39 is 22.8 Å². The van der Waals surface area contributed by atoms with E-state index >= 15 is 0 Å². The Kier molecular flexibility index (Phi) is 5.49. The second-order valence-electron chi connectivity index (χ2n) is 5.03. The number of carbonyl (C=O) groups excluding carboxylic acids is 2. The summed E-state index contributed by atoms with van der Waals surface area (Å²) >= 11 is 5.76. The molecule has 3 N–H and O–H groups in total. The van der Waals surface area contributed by atoms with Gasteiger partial charge in [0.2, 0.25) is 5.91 Å². The van der Waals surface area contributed by atoms with Crippen molar-refractivity contribution in [3.05, 3.63) is 74.8 Å². The van der Waals surface area contributed by atoms with Crippen molar-refractivity contribution in [1.82, 2.24) is 5.32 Å². The highest BCUT2D eigenvalue weighted by Gasteiger charge is 2.23. The normalized spacial score (nSPS) is 11.5. The van der Waals surface area contributed by atoms with Gasteiger partial charge in [0.1, 0.15) is 6.04 Å². The lowest BCUT2D eigenvalue weighted by Gasteiger charge is -2.15. The van der Waals surface area contributed by atoms with Crippen LogP contribution in [0.1, 0.15) is 15.9 Å². The number of halogens is 1. The van der Waals surface area contributed by atoms with Crippen molar-refractivity contribution in [3.63, 3.8) is 0 Å². The summed E-state index contributed by atoms with van der Waals surface area (Å²) < 4.78 is 0. The Morgan fingerprint density at radius 1 is 1.17 bits per heavy atom. The van der Waals surface area contributed by atoms with Crippen LogP contribution in [-0.2, 0) is 11.2 Å². The van der Waals surface area contributed by atoms with Gasteiger partial charge >= 0.3 is 0 Å². The van der Waals surface area contributed by atoms with Gasteiger partial charge < -0.3 is 11.1 Å². The van der Waals surface area contributed by atoms with Gasteiger partial charge in [-0.3, -0.25) is 19.7 Å². The minimum Gasteiger partial charge on any atom is -0.368 e.